The average molecular weight is 269 g/mol. The Kier molecular flexibility index (Phi) is 3.87. The first-order valence-electron chi connectivity index (χ1n) is 8.26. The van der Waals surface area contributed by atoms with E-state index in [1.54, 1.807) is 0 Å². The van der Waals surface area contributed by atoms with Gasteiger partial charge in [-0.3, -0.25) is 0 Å². The summed E-state index contributed by atoms with van der Waals surface area (Å²) in [6, 6.07) is 11.0. The molecular formula is C19H27N. The monoisotopic (exact) mass is 269 g/mol. The molecule has 2 atom stereocenters. The third-order valence-corrected chi connectivity index (χ3v) is 5.48. The minimum Gasteiger partial charge on any atom is -0.365 e. The van der Waals surface area contributed by atoms with Crippen LogP contribution in [0.15, 0.2) is 42.5 Å². The zero-order chi connectivity index (χ0) is 14.0. The zero-order valence-electron chi connectivity index (χ0n) is 12.9. The molecule has 0 aromatic heterocycles. The molecule has 1 heteroatoms. The van der Waals surface area contributed by atoms with Gasteiger partial charge in [0.15, 0.2) is 0 Å². The van der Waals surface area contributed by atoms with Crippen LogP contribution >= 0.6 is 0 Å². The first-order chi connectivity index (χ1) is 9.78. The lowest BCUT2D eigenvalue weighted by Crippen LogP contribution is -2.39. The largest absolute Gasteiger partial charge is 0.365 e. The van der Waals surface area contributed by atoms with Crippen LogP contribution in [0.1, 0.15) is 46.0 Å². The van der Waals surface area contributed by atoms with E-state index >= 15 is 0 Å². The molecule has 1 aromatic rings. The maximum atomic E-state index is 2.70. The maximum Gasteiger partial charge on any atom is 0.0437 e. The highest BCUT2D eigenvalue weighted by molar-refractivity contribution is 5.52. The summed E-state index contributed by atoms with van der Waals surface area (Å²) in [5.74, 6) is 1.88. The fourth-order valence-electron chi connectivity index (χ4n) is 4.37. The topological polar surface area (TPSA) is 3.24 Å². The molecule has 0 N–H and O–H groups in total. The summed E-state index contributed by atoms with van der Waals surface area (Å²) in [6.07, 6.45) is 11.3. The number of hydrogen-bond donors (Lipinski definition) is 0. The smallest absolute Gasteiger partial charge is 0.0437 e. The Labute approximate surface area is 123 Å². The predicted octanol–water partition coefficient (Wildman–Crippen LogP) is 5.04. The Hall–Kier alpha value is -1.24. The van der Waals surface area contributed by atoms with Crippen LogP contribution in [0.4, 0.5) is 5.69 Å². The highest BCUT2D eigenvalue weighted by Gasteiger charge is 2.65. The summed E-state index contributed by atoms with van der Waals surface area (Å²) in [4.78, 5) is 2.70. The number of rotatable bonds is 6. The van der Waals surface area contributed by atoms with Gasteiger partial charge in [0, 0.05) is 17.8 Å². The van der Waals surface area contributed by atoms with Crippen molar-refractivity contribution in [3.63, 3.8) is 0 Å². The first-order valence-corrected chi connectivity index (χ1v) is 8.26. The van der Waals surface area contributed by atoms with E-state index in [-0.39, 0.29) is 0 Å². The van der Waals surface area contributed by atoms with E-state index in [1.807, 2.05) is 0 Å². The molecule has 108 valence electrons. The maximum absolute atomic E-state index is 2.70. The molecule has 0 spiro atoms. The lowest BCUT2D eigenvalue weighted by atomic mass is 10.0. The number of nitrogens with zero attached hydrogens (tertiary/aromatic N) is 1. The molecule has 20 heavy (non-hydrogen) atoms. The first kappa shape index (κ1) is 13.7. The molecule has 2 fully saturated rings. The number of anilines is 1. The van der Waals surface area contributed by atoms with Crippen molar-refractivity contribution in [3.8, 4) is 0 Å². The molecule has 0 saturated heterocycles. The number of hydrogen-bond acceptors (Lipinski definition) is 1. The molecule has 3 rings (SSSR count). The highest BCUT2D eigenvalue weighted by atomic mass is 15.3. The quantitative estimate of drug-likeness (QED) is 0.654. The molecule has 2 unspecified atom stereocenters. The molecule has 2 aliphatic rings. The van der Waals surface area contributed by atoms with Gasteiger partial charge in [-0.2, -0.15) is 0 Å². The van der Waals surface area contributed by atoms with Crippen LogP contribution in [0.5, 0.6) is 0 Å². The average Bonchev–Trinajstić information content (AvgIpc) is 2.86. The number of fused-ring (bicyclic) bond motifs is 1. The fraction of sp³-hybridized carbons (Fsp3) is 0.579. The molecule has 0 amide bonds. The summed E-state index contributed by atoms with van der Waals surface area (Å²) in [6.45, 7) is 5.86. The summed E-state index contributed by atoms with van der Waals surface area (Å²) in [5.41, 5.74) is 1.84. The van der Waals surface area contributed by atoms with E-state index in [4.69, 9.17) is 0 Å². The van der Waals surface area contributed by atoms with Crippen LogP contribution in [-0.4, -0.2) is 12.1 Å². The SMILES string of the molecule is CC/C=C\CCN(c1ccccc1)C1(C)C2CCCC21. The number of allylic oxidation sites excluding steroid dienone is 1. The summed E-state index contributed by atoms with van der Waals surface area (Å²) in [5, 5.41) is 0. The second-order valence-electron chi connectivity index (χ2n) is 6.53. The Balaban J connectivity index is 1.76. The lowest BCUT2D eigenvalue weighted by molar-refractivity contribution is 0.494. The Morgan fingerprint density at radius 3 is 2.50 bits per heavy atom. The number of para-hydroxylation sites is 1. The summed E-state index contributed by atoms with van der Waals surface area (Å²) >= 11 is 0. The van der Waals surface area contributed by atoms with E-state index in [0.29, 0.717) is 5.54 Å². The van der Waals surface area contributed by atoms with Crippen LogP contribution in [0.25, 0.3) is 0 Å². The molecule has 1 nitrogen and oxygen atoms in total. The van der Waals surface area contributed by atoms with Gasteiger partial charge in [0.25, 0.3) is 0 Å². The fourth-order valence-corrected chi connectivity index (χ4v) is 4.37. The third kappa shape index (κ3) is 2.28. The van der Waals surface area contributed by atoms with Gasteiger partial charge in [-0.1, -0.05) is 43.7 Å². The van der Waals surface area contributed by atoms with Gasteiger partial charge >= 0.3 is 0 Å². The van der Waals surface area contributed by atoms with Crippen molar-refractivity contribution < 1.29 is 0 Å². The molecule has 0 aliphatic heterocycles. The number of benzene rings is 1. The minimum absolute atomic E-state index is 0.430. The Morgan fingerprint density at radius 1 is 1.15 bits per heavy atom. The van der Waals surface area contributed by atoms with Crippen molar-refractivity contribution in [2.24, 2.45) is 11.8 Å². The standard InChI is InChI=1S/C19H27N/c1-3-4-5-9-15-20(16-11-7-6-8-12-16)19(2)17-13-10-14-18(17)19/h4-8,11-12,17-18H,3,9-10,13-15H2,1-2H3/b5-4-. The third-order valence-electron chi connectivity index (χ3n) is 5.48. The van der Waals surface area contributed by atoms with Gasteiger partial charge in [-0.25, -0.2) is 0 Å². The van der Waals surface area contributed by atoms with Crippen molar-refractivity contribution in [1.82, 2.24) is 0 Å². The van der Waals surface area contributed by atoms with Gasteiger partial charge in [0.1, 0.15) is 0 Å². The summed E-state index contributed by atoms with van der Waals surface area (Å²) in [7, 11) is 0. The molecule has 0 radical (unpaired) electrons. The highest BCUT2D eigenvalue weighted by Crippen LogP contribution is 2.64. The molecule has 0 bridgehead atoms. The van der Waals surface area contributed by atoms with Crippen molar-refractivity contribution in [1.29, 1.82) is 0 Å². The van der Waals surface area contributed by atoms with Gasteiger partial charge in [0.2, 0.25) is 0 Å². The predicted molar refractivity (Wildman–Crippen MR) is 87.1 cm³/mol. The lowest BCUT2D eigenvalue weighted by Gasteiger charge is -2.34. The molecule has 2 aliphatic carbocycles. The Morgan fingerprint density at radius 2 is 1.85 bits per heavy atom. The van der Waals surface area contributed by atoms with E-state index in [9.17, 15) is 0 Å². The van der Waals surface area contributed by atoms with E-state index in [2.05, 4.69) is 61.2 Å². The molecule has 1 aromatic carbocycles. The summed E-state index contributed by atoms with van der Waals surface area (Å²) < 4.78 is 0. The van der Waals surface area contributed by atoms with E-state index in [0.717, 1.165) is 31.2 Å². The normalized spacial score (nSPS) is 31.5. The zero-order valence-corrected chi connectivity index (χ0v) is 12.9. The van der Waals surface area contributed by atoms with Crippen LogP contribution in [0, 0.1) is 11.8 Å². The van der Waals surface area contributed by atoms with Crippen molar-refractivity contribution in [2.45, 2.75) is 51.5 Å². The molecular weight excluding hydrogens is 242 g/mol. The molecule has 2 saturated carbocycles. The van der Waals surface area contributed by atoms with Crippen molar-refractivity contribution in [3.05, 3.63) is 42.5 Å². The van der Waals surface area contributed by atoms with Crippen LogP contribution in [0.2, 0.25) is 0 Å². The second kappa shape index (κ2) is 5.63. The van der Waals surface area contributed by atoms with Crippen LogP contribution in [0.3, 0.4) is 0 Å². The minimum atomic E-state index is 0.430. The van der Waals surface area contributed by atoms with Crippen LogP contribution in [-0.2, 0) is 0 Å². The van der Waals surface area contributed by atoms with Crippen molar-refractivity contribution in [2.75, 3.05) is 11.4 Å². The Bertz CT molecular complexity index is 452. The van der Waals surface area contributed by atoms with E-state index < -0.39 is 0 Å². The van der Waals surface area contributed by atoms with Crippen molar-refractivity contribution >= 4 is 5.69 Å². The van der Waals surface area contributed by atoms with Gasteiger partial charge < -0.3 is 4.90 Å². The van der Waals surface area contributed by atoms with E-state index in [1.165, 1.54) is 24.9 Å². The van der Waals surface area contributed by atoms with Gasteiger partial charge in [0.05, 0.1) is 0 Å². The van der Waals surface area contributed by atoms with Crippen LogP contribution < -0.4 is 4.90 Å². The second-order valence-corrected chi connectivity index (χ2v) is 6.53. The van der Waals surface area contributed by atoms with Gasteiger partial charge in [-0.05, 0) is 56.6 Å². The van der Waals surface area contributed by atoms with Gasteiger partial charge in [-0.15, -0.1) is 0 Å². The molecule has 0 heterocycles.